The lowest BCUT2D eigenvalue weighted by molar-refractivity contribution is 0.440. The summed E-state index contributed by atoms with van der Waals surface area (Å²) in [4.78, 5) is 0. The van der Waals surface area contributed by atoms with Crippen LogP contribution in [0.2, 0.25) is 0 Å². The van der Waals surface area contributed by atoms with Gasteiger partial charge in [-0.3, -0.25) is 0 Å². The average molecular weight is 287 g/mol. The summed E-state index contributed by atoms with van der Waals surface area (Å²) in [6.45, 7) is 6.13. The lowest BCUT2D eigenvalue weighted by Crippen LogP contribution is -2.17. The first-order valence-electron chi connectivity index (χ1n) is 7.27. The van der Waals surface area contributed by atoms with E-state index in [1.165, 1.54) is 11.6 Å². The van der Waals surface area contributed by atoms with Gasteiger partial charge in [-0.25, -0.2) is 4.39 Å². The largest absolute Gasteiger partial charge is 0.454 e. The molecule has 2 N–H and O–H groups in total. The van der Waals surface area contributed by atoms with Crippen molar-refractivity contribution in [3.8, 4) is 11.5 Å². The molecular formula is C18H22FNO. The Morgan fingerprint density at radius 1 is 1.10 bits per heavy atom. The van der Waals surface area contributed by atoms with E-state index in [0.717, 1.165) is 5.56 Å². The van der Waals surface area contributed by atoms with Gasteiger partial charge in [0.25, 0.3) is 0 Å². The molecule has 1 atom stereocenters. The van der Waals surface area contributed by atoms with Gasteiger partial charge in [-0.05, 0) is 54.7 Å². The van der Waals surface area contributed by atoms with Gasteiger partial charge < -0.3 is 10.5 Å². The first kappa shape index (κ1) is 15.5. The smallest absolute Gasteiger partial charge is 0.165 e. The van der Waals surface area contributed by atoms with Gasteiger partial charge >= 0.3 is 0 Å². The molecule has 0 spiro atoms. The second-order valence-corrected chi connectivity index (χ2v) is 5.78. The van der Waals surface area contributed by atoms with Gasteiger partial charge in [0.1, 0.15) is 5.75 Å². The minimum atomic E-state index is -0.358. The fourth-order valence-corrected chi connectivity index (χ4v) is 2.19. The fourth-order valence-electron chi connectivity index (χ4n) is 2.19. The Hall–Kier alpha value is -1.87. The maximum Gasteiger partial charge on any atom is 0.165 e. The van der Waals surface area contributed by atoms with Crippen molar-refractivity contribution in [3.05, 3.63) is 59.4 Å². The number of rotatable bonds is 5. The Labute approximate surface area is 125 Å². The zero-order chi connectivity index (χ0) is 15.4. The summed E-state index contributed by atoms with van der Waals surface area (Å²) in [5, 5.41) is 0. The molecule has 0 heterocycles. The van der Waals surface area contributed by atoms with Gasteiger partial charge in [-0.2, -0.15) is 0 Å². The van der Waals surface area contributed by atoms with Gasteiger partial charge in [0, 0.05) is 6.04 Å². The number of nitrogens with two attached hydrogens (primary N) is 1. The van der Waals surface area contributed by atoms with E-state index < -0.39 is 0 Å². The van der Waals surface area contributed by atoms with E-state index in [4.69, 9.17) is 10.5 Å². The second-order valence-electron chi connectivity index (χ2n) is 5.78. The van der Waals surface area contributed by atoms with Crippen molar-refractivity contribution in [2.24, 2.45) is 5.73 Å². The van der Waals surface area contributed by atoms with Crippen LogP contribution < -0.4 is 10.5 Å². The van der Waals surface area contributed by atoms with E-state index in [-0.39, 0.29) is 17.6 Å². The molecule has 0 aromatic heterocycles. The quantitative estimate of drug-likeness (QED) is 0.870. The lowest BCUT2D eigenvalue weighted by atomic mass is 10.0. The van der Waals surface area contributed by atoms with Gasteiger partial charge in [-0.15, -0.1) is 0 Å². The van der Waals surface area contributed by atoms with Crippen LogP contribution in [-0.2, 0) is 6.42 Å². The van der Waals surface area contributed by atoms with Crippen LogP contribution in [0.1, 0.15) is 37.8 Å². The molecule has 0 aliphatic rings. The molecular weight excluding hydrogens is 265 g/mol. The Morgan fingerprint density at radius 2 is 1.86 bits per heavy atom. The minimum absolute atomic E-state index is 0.0129. The summed E-state index contributed by atoms with van der Waals surface area (Å²) in [5.41, 5.74) is 7.78. The number of halogens is 1. The van der Waals surface area contributed by atoms with E-state index in [2.05, 4.69) is 13.8 Å². The first-order chi connectivity index (χ1) is 9.95. The standard InChI is InChI=1S/C18H22FNO/c1-12(2)15-5-4-6-16(11-15)21-18-8-7-14(9-13(3)20)10-17(18)19/h4-8,10-13H,9,20H2,1-3H3. The highest BCUT2D eigenvalue weighted by Crippen LogP contribution is 2.27. The predicted molar refractivity (Wildman–Crippen MR) is 84.4 cm³/mol. The Kier molecular flexibility index (Phi) is 4.97. The monoisotopic (exact) mass is 287 g/mol. The molecule has 0 bridgehead atoms. The van der Waals surface area contributed by atoms with Crippen LogP contribution in [0.4, 0.5) is 4.39 Å². The average Bonchev–Trinajstić information content (AvgIpc) is 2.41. The minimum Gasteiger partial charge on any atom is -0.454 e. The topological polar surface area (TPSA) is 35.2 Å². The third kappa shape index (κ3) is 4.30. The highest BCUT2D eigenvalue weighted by Gasteiger charge is 2.08. The van der Waals surface area contributed by atoms with Crippen molar-refractivity contribution in [3.63, 3.8) is 0 Å². The first-order valence-corrected chi connectivity index (χ1v) is 7.27. The van der Waals surface area contributed by atoms with Crippen LogP contribution in [-0.4, -0.2) is 6.04 Å². The normalized spacial score (nSPS) is 12.5. The van der Waals surface area contributed by atoms with E-state index >= 15 is 0 Å². The number of benzene rings is 2. The molecule has 0 aliphatic heterocycles. The van der Waals surface area contributed by atoms with Crippen LogP contribution in [0.25, 0.3) is 0 Å². The SMILES string of the molecule is CC(N)Cc1ccc(Oc2cccc(C(C)C)c2)c(F)c1. The van der Waals surface area contributed by atoms with Gasteiger partial charge in [0.05, 0.1) is 0 Å². The predicted octanol–water partition coefficient (Wildman–Crippen LogP) is 4.63. The van der Waals surface area contributed by atoms with E-state index in [1.807, 2.05) is 37.3 Å². The van der Waals surface area contributed by atoms with Crippen molar-refractivity contribution in [2.45, 2.75) is 39.2 Å². The molecule has 0 amide bonds. The molecule has 1 unspecified atom stereocenters. The van der Waals surface area contributed by atoms with Gasteiger partial charge in [0.15, 0.2) is 11.6 Å². The molecule has 0 aliphatic carbocycles. The van der Waals surface area contributed by atoms with Crippen molar-refractivity contribution in [2.75, 3.05) is 0 Å². The van der Waals surface area contributed by atoms with Crippen LogP contribution >= 0.6 is 0 Å². The van der Waals surface area contributed by atoms with Crippen molar-refractivity contribution >= 4 is 0 Å². The maximum atomic E-state index is 14.1. The summed E-state index contributed by atoms with van der Waals surface area (Å²) in [7, 11) is 0. The van der Waals surface area contributed by atoms with E-state index in [0.29, 0.717) is 18.1 Å². The van der Waals surface area contributed by atoms with Crippen LogP contribution in [0.3, 0.4) is 0 Å². The Morgan fingerprint density at radius 3 is 2.48 bits per heavy atom. The molecule has 2 rings (SSSR count). The van der Waals surface area contributed by atoms with Gasteiger partial charge in [0.2, 0.25) is 0 Å². The molecule has 0 fully saturated rings. The third-order valence-corrected chi connectivity index (χ3v) is 3.31. The second kappa shape index (κ2) is 6.72. The molecule has 2 aromatic carbocycles. The fraction of sp³-hybridized carbons (Fsp3) is 0.333. The van der Waals surface area contributed by atoms with E-state index in [9.17, 15) is 4.39 Å². The van der Waals surface area contributed by atoms with Crippen LogP contribution in [0, 0.1) is 5.82 Å². The molecule has 2 aromatic rings. The number of hydrogen-bond acceptors (Lipinski definition) is 2. The summed E-state index contributed by atoms with van der Waals surface area (Å²) in [5.74, 6) is 0.944. The zero-order valence-corrected chi connectivity index (χ0v) is 12.8. The van der Waals surface area contributed by atoms with Crippen LogP contribution in [0.15, 0.2) is 42.5 Å². The van der Waals surface area contributed by atoms with Crippen LogP contribution in [0.5, 0.6) is 11.5 Å². The van der Waals surface area contributed by atoms with Crippen molar-refractivity contribution in [1.82, 2.24) is 0 Å². The van der Waals surface area contributed by atoms with Gasteiger partial charge in [-0.1, -0.05) is 32.0 Å². The summed E-state index contributed by atoms with van der Waals surface area (Å²) >= 11 is 0. The molecule has 0 saturated heterocycles. The highest BCUT2D eigenvalue weighted by molar-refractivity contribution is 5.37. The molecule has 0 radical (unpaired) electrons. The molecule has 21 heavy (non-hydrogen) atoms. The van der Waals surface area contributed by atoms with Crippen molar-refractivity contribution in [1.29, 1.82) is 0 Å². The third-order valence-electron chi connectivity index (χ3n) is 3.31. The molecule has 0 saturated carbocycles. The summed E-state index contributed by atoms with van der Waals surface area (Å²) < 4.78 is 19.7. The summed E-state index contributed by atoms with van der Waals surface area (Å²) in [6.07, 6.45) is 0.653. The number of ether oxygens (including phenoxy) is 1. The maximum absolute atomic E-state index is 14.1. The Balaban J connectivity index is 2.18. The highest BCUT2D eigenvalue weighted by atomic mass is 19.1. The Bertz CT molecular complexity index is 608. The molecule has 3 heteroatoms. The molecule has 2 nitrogen and oxygen atoms in total. The zero-order valence-electron chi connectivity index (χ0n) is 12.8. The van der Waals surface area contributed by atoms with Crippen molar-refractivity contribution < 1.29 is 9.13 Å². The molecule has 112 valence electrons. The number of hydrogen-bond donors (Lipinski definition) is 1. The lowest BCUT2D eigenvalue weighted by Gasteiger charge is -2.11. The van der Waals surface area contributed by atoms with E-state index in [1.54, 1.807) is 6.07 Å². The summed E-state index contributed by atoms with van der Waals surface area (Å²) in [6, 6.07) is 12.8.